The van der Waals surface area contributed by atoms with Gasteiger partial charge in [0.2, 0.25) is 0 Å². The Hall–Kier alpha value is -1.20. The first kappa shape index (κ1) is 16.2. The van der Waals surface area contributed by atoms with Crippen molar-refractivity contribution < 1.29 is 13.5 Å². The summed E-state index contributed by atoms with van der Waals surface area (Å²) in [6, 6.07) is 3.54. The standard InChI is InChI=1S/C16H24F2N2O/c1-10-5-12(14-7-11(8-19)9-20(14)3)15(21-4)13(6-10)16(2,17)18/h5-6,11,14H,7-9,19H2,1-4H3. The highest BCUT2D eigenvalue weighted by Gasteiger charge is 2.36. The number of methoxy groups -OCH3 is 1. The second kappa shape index (κ2) is 5.89. The third-order valence-corrected chi connectivity index (χ3v) is 4.27. The SMILES string of the molecule is COc1c(C2CC(CN)CN2C)cc(C)cc1C(C)(F)F. The van der Waals surface area contributed by atoms with Crippen molar-refractivity contribution in [2.75, 3.05) is 27.2 Å². The van der Waals surface area contributed by atoms with Crippen molar-refractivity contribution in [2.45, 2.75) is 32.2 Å². The van der Waals surface area contributed by atoms with E-state index in [9.17, 15) is 8.78 Å². The number of aryl methyl sites for hydroxylation is 1. The second-order valence-corrected chi connectivity index (χ2v) is 6.12. The molecule has 21 heavy (non-hydrogen) atoms. The number of hydrogen-bond donors (Lipinski definition) is 1. The van der Waals surface area contributed by atoms with Gasteiger partial charge in [-0.25, -0.2) is 8.78 Å². The van der Waals surface area contributed by atoms with Crippen molar-refractivity contribution in [3.05, 3.63) is 28.8 Å². The first-order valence-electron chi connectivity index (χ1n) is 7.25. The number of ether oxygens (including phenoxy) is 1. The monoisotopic (exact) mass is 298 g/mol. The zero-order valence-corrected chi connectivity index (χ0v) is 13.1. The molecular weight excluding hydrogens is 274 g/mol. The van der Waals surface area contributed by atoms with Gasteiger partial charge in [0.1, 0.15) is 5.75 Å². The molecule has 0 bridgehead atoms. The van der Waals surface area contributed by atoms with Gasteiger partial charge in [-0.1, -0.05) is 11.6 Å². The summed E-state index contributed by atoms with van der Waals surface area (Å²) in [4.78, 5) is 2.17. The summed E-state index contributed by atoms with van der Waals surface area (Å²) in [7, 11) is 3.46. The van der Waals surface area contributed by atoms with Gasteiger partial charge < -0.3 is 10.5 Å². The highest BCUT2D eigenvalue weighted by molar-refractivity contribution is 5.48. The molecule has 5 heteroatoms. The van der Waals surface area contributed by atoms with Crippen molar-refractivity contribution in [3.63, 3.8) is 0 Å². The molecule has 2 atom stereocenters. The molecule has 1 heterocycles. The average molecular weight is 298 g/mol. The molecule has 1 aromatic carbocycles. The van der Waals surface area contributed by atoms with Crippen LogP contribution in [0.5, 0.6) is 5.75 Å². The van der Waals surface area contributed by atoms with E-state index >= 15 is 0 Å². The zero-order chi connectivity index (χ0) is 15.8. The topological polar surface area (TPSA) is 38.5 Å². The molecule has 1 aliphatic heterocycles. The number of alkyl halides is 2. The van der Waals surface area contributed by atoms with E-state index in [1.807, 2.05) is 20.0 Å². The van der Waals surface area contributed by atoms with Crippen LogP contribution in [-0.4, -0.2) is 32.1 Å². The molecule has 0 amide bonds. The smallest absolute Gasteiger partial charge is 0.274 e. The highest BCUT2D eigenvalue weighted by Crippen LogP contribution is 2.44. The number of benzene rings is 1. The van der Waals surface area contributed by atoms with Gasteiger partial charge in [0.15, 0.2) is 0 Å². The number of hydrogen-bond acceptors (Lipinski definition) is 3. The van der Waals surface area contributed by atoms with Gasteiger partial charge in [0, 0.05) is 25.1 Å². The number of nitrogens with two attached hydrogens (primary N) is 1. The third kappa shape index (κ3) is 3.19. The maximum absolute atomic E-state index is 13.9. The zero-order valence-electron chi connectivity index (χ0n) is 13.1. The Bertz CT molecular complexity index is 514. The van der Waals surface area contributed by atoms with Crippen LogP contribution in [0.2, 0.25) is 0 Å². The molecule has 1 aliphatic rings. The van der Waals surface area contributed by atoms with Crippen molar-refractivity contribution in [3.8, 4) is 5.75 Å². The molecule has 1 aromatic rings. The van der Waals surface area contributed by atoms with Crippen LogP contribution in [0.25, 0.3) is 0 Å². The molecule has 2 unspecified atom stereocenters. The van der Waals surface area contributed by atoms with Gasteiger partial charge in [0.25, 0.3) is 5.92 Å². The lowest BCUT2D eigenvalue weighted by Crippen LogP contribution is -2.21. The van der Waals surface area contributed by atoms with E-state index in [4.69, 9.17) is 10.5 Å². The summed E-state index contributed by atoms with van der Waals surface area (Å²) in [5.74, 6) is -2.21. The number of nitrogens with zero attached hydrogens (tertiary/aromatic N) is 1. The molecule has 0 spiro atoms. The lowest BCUT2D eigenvalue weighted by Gasteiger charge is -2.25. The van der Waals surface area contributed by atoms with Gasteiger partial charge in [0.05, 0.1) is 12.7 Å². The van der Waals surface area contributed by atoms with E-state index in [0.29, 0.717) is 18.2 Å². The van der Waals surface area contributed by atoms with Crippen LogP contribution in [0.1, 0.15) is 36.1 Å². The number of rotatable bonds is 4. The predicted molar refractivity (Wildman–Crippen MR) is 79.8 cm³/mol. The normalized spacial score (nSPS) is 23.6. The fraction of sp³-hybridized carbons (Fsp3) is 0.625. The van der Waals surface area contributed by atoms with Crippen molar-refractivity contribution in [2.24, 2.45) is 11.7 Å². The lowest BCUT2D eigenvalue weighted by atomic mass is 9.93. The fourth-order valence-corrected chi connectivity index (χ4v) is 3.24. The Kier molecular flexibility index (Phi) is 4.54. The van der Waals surface area contributed by atoms with E-state index in [1.54, 1.807) is 0 Å². The summed E-state index contributed by atoms with van der Waals surface area (Å²) < 4.78 is 33.1. The molecule has 0 radical (unpaired) electrons. The maximum Gasteiger partial charge on any atom is 0.274 e. The molecule has 2 N–H and O–H groups in total. The van der Waals surface area contributed by atoms with Crippen molar-refractivity contribution in [1.29, 1.82) is 0 Å². The second-order valence-electron chi connectivity index (χ2n) is 6.12. The van der Waals surface area contributed by atoms with E-state index in [-0.39, 0.29) is 11.6 Å². The van der Waals surface area contributed by atoms with Gasteiger partial charge in [-0.2, -0.15) is 0 Å². The van der Waals surface area contributed by atoms with Crippen LogP contribution in [0.3, 0.4) is 0 Å². The first-order chi connectivity index (χ1) is 9.77. The minimum atomic E-state index is -2.92. The minimum Gasteiger partial charge on any atom is -0.496 e. The molecule has 0 aliphatic carbocycles. The van der Waals surface area contributed by atoms with E-state index in [2.05, 4.69) is 4.90 Å². The van der Waals surface area contributed by atoms with E-state index in [0.717, 1.165) is 31.0 Å². The highest BCUT2D eigenvalue weighted by atomic mass is 19.3. The molecule has 1 fully saturated rings. The largest absolute Gasteiger partial charge is 0.496 e. The Morgan fingerprint density at radius 1 is 1.43 bits per heavy atom. The molecule has 0 aromatic heterocycles. The van der Waals surface area contributed by atoms with Gasteiger partial charge in [-0.15, -0.1) is 0 Å². The first-order valence-corrected chi connectivity index (χ1v) is 7.25. The van der Waals surface area contributed by atoms with Crippen LogP contribution >= 0.6 is 0 Å². The van der Waals surface area contributed by atoms with Crippen LogP contribution in [-0.2, 0) is 5.92 Å². The summed E-state index contributed by atoms with van der Waals surface area (Å²) >= 11 is 0. The Labute approximate surface area is 125 Å². The van der Waals surface area contributed by atoms with Gasteiger partial charge in [-0.05, 0) is 38.9 Å². The summed E-state index contributed by atoms with van der Waals surface area (Å²) in [5, 5.41) is 0. The molecule has 1 saturated heterocycles. The molecular formula is C16H24F2N2O. The van der Waals surface area contributed by atoms with Crippen LogP contribution < -0.4 is 10.5 Å². The number of likely N-dealkylation sites (tertiary alicyclic amines) is 1. The predicted octanol–water partition coefficient (Wildman–Crippen LogP) is 3.07. The summed E-state index contributed by atoms with van der Waals surface area (Å²) in [6.07, 6.45) is 0.877. The van der Waals surface area contributed by atoms with E-state index < -0.39 is 5.92 Å². The minimum absolute atomic E-state index is 0.0374. The Balaban J connectivity index is 2.51. The summed E-state index contributed by atoms with van der Waals surface area (Å²) in [5.41, 5.74) is 7.39. The fourth-order valence-electron chi connectivity index (χ4n) is 3.24. The Morgan fingerprint density at radius 3 is 2.57 bits per heavy atom. The van der Waals surface area contributed by atoms with Crippen LogP contribution in [0, 0.1) is 12.8 Å². The van der Waals surface area contributed by atoms with Crippen molar-refractivity contribution in [1.82, 2.24) is 4.90 Å². The number of halogens is 2. The maximum atomic E-state index is 13.9. The van der Waals surface area contributed by atoms with Gasteiger partial charge >= 0.3 is 0 Å². The van der Waals surface area contributed by atoms with Crippen LogP contribution in [0.4, 0.5) is 8.78 Å². The molecule has 2 rings (SSSR count). The quantitative estimate of drug-likeness (QED) is 0.928. The summed E-state index contributed by atoms with van der Waals surface area (Å²) in [6.45, 7) is 4.25. The molecule has 0 saturated carbocycles. The molecule has 3 nitrogen and oxygen atoms in total. The molecule has 118 valence electrons. The van der Waals surface area contributed by atoms with Gasteiger partial charge in [-0.3, -0.25) is 4.90 Å². The van der Waals surface area contributed by atoms with E-state index in [1.165, 1.54) is 13.2 Å². The van der Waals surface area contributed by atoms with Crippen molar-refractivity contribution >= 4 is 0 Å². The third-order valence-electron chi connectivity index (χ3n) is 4.27. The van der Waals surface area contributed by atoms with Crippen LogP contribution in [0.15, 0.2) is 12.1 Å². The lowest BCUT2D eigenvalue weighted by molar-refractivity contribution is 0.0147. The average Bonchev–Trinajstić information content (AvgIpc) is 2.78. The Morgan fingerprint density at radius 2 is 2.10 bits per heavy atom.